The molecule has 3 amide bonds. The molecule has 0 saturated heterocycles. The van der Waals surface area contributed by atoms with Crippen molar-refractivity contribution in [1.29, 1.82) is 0 Å². The molecule has 3 rings (SSSR count). The van der Waals surface area contributed by atoms with Gasteiger partial charge in [0.05, 0.1) is 25.0 Å². The van der Waals surface area contributed by atoms with Crippen LogP contribution in [-0.2, 0) is 16.0 Å². The van der Waals surface area contributed by atoms with Gasteiger partial charge in [-0.05, 0) is 65.8 Å². The van der Waals surface area contributed by atoms with E-state index in [0.29, 0.717) is 5.56 Å². The summed E-state index contributed by atoms with van der Waals surface area (Å²) in [6.45, 7) is 9.83. The Labute approximate surface area is 255 Å². The summed E-state index contributed by atoms with van der Waals surface area (Å²) in [4.78, 5) is 61.6. The molecule has 0 spiro atoms. The number of hydrogen-bond acceptors (Lipinski definition) is 10. The Balaban J connectivity index is 2.12. The van der Waals surface area contributed by atoms with Gasteiger partial charge in [-0.3, -0.25) is 4.79 Å². The van der Waals surface area contributed by atoms with E-state index >= 15 is 0 Å². The molecule has 13 heteroatoms. The van der Waals surface area contributed by atoms with Gasteiger partial charge >= 0.3 is 18.2 Å². The van der Waals surface area contributed by atoms with Gasteiger partial charge in [0.25, 0.3) is 5.91 Å². The molecule has 0 aliphatic rings. The number of carbonyl (C=O) groups is 4. The maximum atomic E-state index is 13.2. The molecule has 0 fully saturated rings. The van der Waals surface area contributed by atoms with Crippen LogP contribution < -0.4 is 15.0 Å². The lowest BCUT2D eigenvalue weighted by atomic mass is 10.1. The number of amides is 3. The van der Waals surface area contributed by atoms with Crippen molar-refractivity contribution in [3.63, 3.8) is 0 Å². The van der Waals surface area contributed by atoms with Crippen LogP contribution in [0.3, 0.4) is 0 Å². The number of carboxylic acid groups (broad SMARTS) is 1. The number of methoxy groups -OCH3 is 1. The van der Waals surface area contributed by atoms with Gasteiger partial charge in [0, 0.05) is 18.7 Å². The lowest BCUT2D eigenvalue weighted by Gasteiger charge is -2.24. The topological polar surface area (TPSA) is 160 Å². The van der Waals surface area contributed by atoms with Gasteiger partial charge < -0.3 is 29.5 Å². The van der Waals surface area contributed by atoms with E-state index in [4.69, 9.17) is 14.2 Å². The van der Waals surface area contributed by atoms with E-state index in [0.717, 1.165) is 0 Å². The van der Waals surface area contributed by atoms with Crippen molar-refractivity contribution < 1.29 is 38.5 Å². The minimum absolute atomic E-state index is 0.0124. The Hall–Kier alpha value is -5.20. The molecule has 2 N–H and O–H groups in total. The molecular weight excluding hydrogens is 570 g/mol. The Kier molecular flexibility index (Phi) is 10.1. The molecule has 0 atom stereocenters. The first-order chi connectivity index (χ1) is 20.5. The van der Waals surface area contributed by atoms with Crippen LogP contribution in [0.4, 0.5) is 27.0 Å². The highest BCUT2D eigenvalue weighted by molar-refractivity contribution is 6.07. The molecular formula is C31H37N5O8. The Bertz CT molecular complexity index is 1530. The predicted molar refractivity (Wildman–Crippen MR) is 162 cm³/mol. The van der Waals surface area contributed by atoms with Gasteiger partial charge in [-0.15, -0.1) is 4.90 Å². The Morgan fingerprint density at radius 1 is 0.886 bits per heavy atom. The number of rotatable bonds is 8. The summed E-state index contributed by atoms with van der Waals surface area (Å²) in [6, 6.07) is 14.8. The van der Waals surface area contributed by atoms with E-state index in [1.54, 1.807) is 97.1 Å². The molecule has 234 valence electrons. The summed E-state index contributed by atoms with van der Waals surface area (Å²) < 4.78 is 16.3. The minimum Gasteiger partial charge on any atom is -0.496 e. The number of benzene rings is 2. The zero-order valence-electron chi connectivity index (χ0n) is 26.0. The van der Waals surface area contributed by atoms with Crippen LogP contribution in [0.15, 0.2) is 54.6 Å². The third-order valence-corrected chi connectivity index (χ3v) is 5.61. The first-order valence-corrected chi connectivity index (χ1v) is 13.6. The average Bonchev–Trinajstić information content (AvgIpc) is 2.90. The van der Waals surface area contributed by atoms with Crippen LogP contribution in [0.2, 0.25) is 0 Å². The monoisotopic (exact) mass is 607 g/mol. The molecule has 0 aliphatic heterocycles. The van der Waals surface area contributed by atoms with Crippen molar-refractivity contribution in [2.24, 2.45) is 0 Å². The maximum Gasteiger partial charge on any atom is 0.427 e. The number of nitrogens with zero attached hydrogens (tertiary/aromatic N) is 4. The van der Waals surface area contributed by atoms with E-state index < -0.39 is 35.3 Å². The number of hydrogen-bond donors (Lipinski definition) is 2. The highest BCUT2D eigenvalue weighted by Gasteiger charge is 2.32. The van der Waals surface area contributed by atoms with Crippen LogP contribution in [0.25, 0.3) is 0 Å². The van der Waals surface area contributed by atoms with Gasteiger partial charge in [-0.1, -0.05) is 24.3 Å². The van der Waals surface area contributed by atoms with E-state index in [2.05, 4.69) is 15.3 Å². The molecule has 13 nitrogen and oxygen atoms in total. The highest BCUT2D eigenvalue weighted by Crippen LogP contribution is 2.31. The summed E-state index contributed by atoms with van der Waals surface area (Å²) in [5.41, 5.74) is -0.931. The van der Waals surface area contributed by atoms with Crippen LogP contribution in [0, 0.1) is 0 Å². The quantitative estimate of drug-likeness (QED) is 0.294. The van der Waals surface area contributed by atoms with E-state index in [1.807, 2.05) is 0 Å². The third kappa shape index (κ3) is 8.90. The summed E-state index contributed by atoms with van der Waals surface area (Å²) in [7, 11) is 2.95. The van der Waals surface area contributed by atoms with Crippen molar-refractivity contribution in [2.45, 2.75) is 59.3 Å². The van der Waals surface area contributed by atoms with Crippen LogP contribution in [0.5, 0.6) is 5.75 Å². The summed E-state index contributed by atoms with van der Waals surface area (Å²) >= 11 is 0. The van der Waals surface area contributed by atoms with Gasteiger partial charge in [0.2, 0.25) is 5.95 Å². The van der Waals surface area contributed by atoms with E-state index in [-0.39, 0.29) is 45.9 Å². The number of ether oxygens (including phenoxy) is 3. The van der Waals surface area contributed by atoms with Crippen molar-refractivity contribution in [1.82, 2.24) is 14.9 Å². The molecule has 0 radical (unpaired) electrons. The summed E-state index contributed by atoms with van der Waals surface area (Å²) in [6.07, 6.45) is -2.91. The molecule has 0 unspecified atom stereocenters. The van der Waals surface area contributed by atoms with Crippen LogP contribution in [-0.4, -0.2) is 69.4 Å². The van der Waals surface area contributed by atoms with Crippen LogP contribution >= 0.6 is 0 Å². The van der Waals surface area contributed by atoms with Gasteiger partial charge in [-0.25, -0.2) is 19.4 Å². The number of anilines is 3. The molecule has 3 aromatic rings. The molecule has 2 aromatic carbocycles. The first kappa shape index (κ1) is 33.3. The second-order valence-corrected chi connectivity index (χ2v) is 11.7. The lowest BCUT2D eigenvalue weighted by Crippen LogP contribution is -2.41. The van der Waals surface area contributed by atoms with Crippen molar-refractivity contribution in [2.75, 3.05) is 24.4 Å². The highest BCUT2D eigenvalue weighted by atomic mass is 16.6. The number of nitrogens with one attached hydrogen (secondary N) is 1. The molecule has 0 bridgehead atoms. The Morgan fingerprint density at radius 3 is 2.09 bits per heavy atom. The summed E-state index contributed by atoms with van der Waals surface area (Å²) in [5.74, 6) is -1.30. The molecule has 44 heavy (non-hydrogen) atoms. The number of carbonyl (C=O) groups excluding carboxylic acids is 3. The standard InChI is InChI=1S/C31H37N5O8/c1-30(2,3)43-26(38)24-21(15-12-16-22(24)42-8)33-23-17-20(18-35(7)25(37)19-13-10-9-11-14-19)32-27(34-23)36(28(39)40)29(41)44-31(4,5)6/h9-17H,18H2,1-8H3,(H,39,40)(H,32,33,34). The zero-order chi connectivity index (χ0) is 32.8. The summed E-state index contributed by atoms with van der Waals surface area (Å²) in [5, 5.41) is 13.0. The fourth-order valence-electron chi connectivity index (χ4n) is 3.88. The number of esters is 1. The SMILES string of the molecule is COc1cccc(Nc2cc(CN(C)C(=O)c3ccccc3)nc(N(C(=O)O)C(=O)OC(C)(C)C)n2)c1C(=O)OC(C)(C)C. The largest absolute Gasteiger partial charge is 0.496 e. The van der Waals surface area contributed by atoms with Crippen molar-refractivity contribution in [3.05, 3.63) is 71.4 Å². The van der Waals surface area contributed by atoms with Gasteiger partial charge in [0.1, 0.15) is 28.3 Å². The number of imide groups is 1. The van der Waals surface area contributed by atoms with Gasteiger partial charge in [0.15, 0.2) is 0 Å². The van der Waals surface area contributed by atoms with Crippen molar-refractivity contribution in [3.8, 4) is 5.75 Å². The maximum absolute atomic E-state index is 13.2. The predicted octanol–water partition coefficient (Wildman–Crippen LogP) is 5.88. The zero-order valence-corrected chi connectivity index (χ0v) is 26.0. The third-order valence-electron chi connectivity index (χ3n) is 5.61. The normalized spacial score (nSPS) is 11.3. The smallest absolute Gasteiger partial charge is 0.427 e. The van der Waals surface area contributed by atoms with Crippen molar-refractivity contribution >= 4 is 41.5 Å². The molecule has 0 aliphatic carbocycles. The molecule has 0 saturated carbocycles. The average molecular weight is 608 g/mol. The van der Waals surface area contributed by atoms with E-state index in [9.17, 15) is 24.3 Å². The number of aromatic nitrogens is 2. The van der Waals surface area contributed by atoms with Crippen LogP contribution in [0.1, 0.15) is 68.0 Å². The Morgan fingerprint density at radius 2 is 1.52 bits per heavy atom. The lowest BCUT2D eigenvalue weighted by molar-refractivity contribution is 0.00672. The second-order valence-electron chi connectivity index (χ2n) is 11.7. The molecule has 1 aromatic heterocycles. The second kappa shape index (κ2) is 13.4. The van der Waals surface area contributed by atoms with Gasteiger partial charge in [-0.2, -0.15) is 4.98 Å². The van der Waals surface area contributed by atoms with E-state index in [1.165, 1.54) is 18.1 Å². The molecule has 1 heterocycles. The first-order valence-electron chi connectivity index (χ1n) is 13.6. The fraction of sp³-hybridized carbons (Fsp3) is 0.355. The fourth-order valence-corrected chi connectivity index (χ4v) is 3.88. The minimum atomic E-state index is -1.69.